The molecule has 0 aromatic heterocycles. The maximum atomic E-state index is 12.7. The van der Waals surface area contributed by atoms with Crippen LogP contribution in [0.1, 0.15) is 18.9 Å². The maximum absolute atomic E-state index is 12.7. The molecule has 0 fully saturated rings. The van der Waals surface area contributed by atoms with Crippen LogP contribution in [0.5, 0.6) is 0 Å². The summed E-state index contributed by atoms with van der Waals surface area (Å²) in [5, 5.41) is 0. The normalized spacial score (nSPS) is 10.9. The summed E-state index contributed by atoms with van der Waals surface area (Å²) in [7, 11) is 0. The van der Waals surface area contributed by atoms with E-state index in [4.69, 9.17) is 5.73 Å². The van der Waals surface area contributed by atoms with Crippen molar-refractivity contribution in [3.8, 4) is 0 Å². The van der Waals surface area contributed by atoms with E-state index in [1.165, 1.54) is 12.1 Å². The Balaban J connectivity index is 2.47. The molecule has 0 aliphatic carbocycles. The Bertz CT molecular complexity index is 271. The lowest BCUT2D eigenvalue weighted by Crippen LogP contribution is -2.25. The third kappa shape index (κ3) is 4.40. The van der Waals surface area contributed by atoms with Gasteiger partial charge in [0, 0.05) is 6.54 Å². The standard InChI is InChI=1S/C12H19FN2/c1-2-15(9-3-8-14)10-11-4-6-12(13)7-5-11/h4-7H,2-3,8-10,14H2,1H3. The lowest BCUT2D eigenvalue weighted by atomic mass is 10.2. The molecule has 1 aromatic rings. The van der Waals surface area contributed by atoms with Crippen LogP contribution in [0.4, 0.5) is 4.39 Å². The zero-order valence-corrected chi connectivity index (χ0v) is 9.25. The summed E-state index contributed by atoms with van der Waals surface area (Å²) in [5.74, 6) is -0.177. The molecule has 0 amide bonds. The Hall–Kier alpha value is -0.930. The summed E-state index contributed by atoms with van der Waals surface area (Å²) in [4.78, 5) is 2.31. The van der Waals surface area contributed by atoms with Crippen LogP contribution < -0.4 is 5.73 Å². The first-order chi connectivity index (χ1) is 7.26. The van der Waals surface area contributed by atoms with Gasteiger partial charge in [0.1, 0.15) is 5.82 Å². The molecule has 0 atom stereocenters. The minimum atomic E-state index is -0.177. The van der Waals surface area contributed by atoms with Crippen LogP contribution in [0.3, 0.4) is 0 Å². The van der Waals surface area contributed by atoms with Crippen molar-refractivity contribution in [3.05, 3.63) is 35.6 Å². The van der Waals surface area contributed by atoms with Gasteiger partial charge in [-0.25, -0.2) is 4.39 Å². The molecule has 84 valence electrons. The van der Waals surface area contributed by atoms with Crippen molar-refractivity contribution >= 4 is 0 Å². The van der Waals surface area contributed by atoms with E-state index < -0.39 is 0 Å². The van der Waals surface area contributed by atoms with Crippen LogP contribution in [0.2, 0.25) is 0 Å². The molecular formula is C12H19FN2. The summed E-state index contributed by atoms with van der Waals surface area (Å²) < 4.78 is 12.7. The Labute approximate surface area is 90.9 Å². The number of benzene rings is 1. The van der Waals surface area contributed by atoms with Crippen molar-refractivity contribution < 1.29 is 4.39 Å². The predicted octanol–water partition coefficient (Wildman–Crippen LogP) is 2.00. The Morgan fingerprint density at radius 2 is 1.93 bits per heavy atom. The smallest absolute Gasteiger partial charge is 0.123 e. The first-order valence-electron chi connectivity index (χ1n) is 5.43. The molecule has 0 radical (unpaired) electrons. The van der Waals surface area contributed by atoms with Gasteiger partial charge < -0.3 is 5.73 Å². The highest BCUT2D eigenvalue weighted by Crippen LogP contribution is 2.06. The molecule has 2 N–H and O–H groups in total. The van der Waals surface area contributed by atoms with E-state index in [1.54, 1.807) is 0 Å². The number of hydrogen-bond donors (Lipinski definition) is 1. The highest BCUT2D eigenvalue weighted by molar-refractivity contribution is 5.15. The highest BCUT2D eigenvalue weighted by Gasteiger charge is 2.02. The molecule has 0 aliphatic heterocycles. The van der Waals surface area contributed by atoms with E-state index in [0.29, 0.717) is 0 Å². The molecule has 0 bridgehead atoms. The van der Waals surface area contributed by atoms with E-state index >= 15 is 0 Å². The molecule has 0 unspecified atom stereocenters. The lowest BCUT2D eigenvalue weighted by molar-refractivity contribution is 0.278. The second-order valence-electron chi connectivity index (χ2n) is 3.64. The fourth-order valence-corrected chi connectivity index (χ4v) is 1.51. The van der Waals surface area contributed by atoms with Crippen LogP contribution in [0.15, 0.2) is 24.3 Å². The SMILES string of the molecule is CCN(CCCN)Cc1ccc(F)cc1. The summed E-state index contributed by atoms with van der Waals surface area (Å²) in [5.41, 5.74) is 6.62. The van der Waals surface area contributed by atoms with Gasteiger partial charge in [0.15, 0.2) is 0 Å². The number of nitrogens with two attached hydrogens (primary N) is 1. The largest absolute Gasteiger partial charge is 0.330 e. The van der Waals surface area contributed by atoms with Crippen molar-refractivity contribution in [1.82, 2.24) is 4.90 Å². The number of nitrogens with zero attached hydrogens (tertiary/aromatic N) is 1. The minimum absolute atomic E-state index is 0.177. The molecular weight excluding hydrogens is 191 g/mol. The number of hydrogen-bond acceptors (Lipinski definition) is 2. The Morgan fingerprint density at radius 1 is 1.27 bits per heavy atom. The second kappa shape index (κ2) is 6.53. The summed E-state index contributed by atoms with van der Waals surface area (Å²) >= 11 is 0. The molecule has 0 saturated heterocycles. The third-order valence-corrected chi connectivity index (χ3v) is 2.45. The van der Waals surface area contributed by atoms with E-state index in [0.717, 1.165) is 38.2 Å². The number of rotatable bonds is 6. The van der Waals surface area contributed by atoms with Gasteiger partial charge in [0.05, 0.1) is 0 Å². The van der Waals surface area contributed by atoms with Crippen LogP contribution >= 0.6 is 0 Å². The molecule has 0 aliphatic rings. The molecule has 1 aromatic carbocycles. The molecule has 0 spiro atoms. The zero-order chi connectivity index (χ0) is 11.1. The Morgan fingerprint density at radius 3 is 2.47 bits per heavy atom. The molecule has 0 saturated carbocycles. The summed E-state index contributed by atoms with van der Waals surface area (Å²) in [6, 6.07) is 6.68. The molecule has 3 heteroatoms. The van der Waals surface area contributed by atoms with Gasteiger partial charge in [0.25, 0.3) is 0 Å². The zero-order valence-electron chi connectivity index (χ0n) is 9.25. The van der Waals surface area contributed by atoms with Gasteiger partial charge in [-0.3, -0.25) is 4.90 Å². The van der Waals surface area contributed by atoms with E-state index in [1.807, 2.05) is 12.1 Å². The predicted molar refractivity (Wildman–Crippen MR) is 61.0 cm³/mol. The van der Waals surface area contributed by atoms with Gasteiger partial charge in [-0.1, -0.05) is 19.1 Å². The van der Waals surface area contributed by atoms with Crippen molar-refractivity contribution in [3.63, 3.8) is 0 Å². The van der Waals surface area contributed by atoms with Crippen LogP contribution in [0, 0.1) is 5.82 Å². The van der Waals surface area contributed by atoms with Crippen molar-refractivity contribution in [2.45, 2.75) is 19.9 Å². The minimum Gasteiger partial charge on any atom is -0.330 e. The topological polar surface area (TPSA) is 29.3 Å². The van der Waals surface area contributed by atoms with Crippen molar-refractivity contribution in [2.24, 2.45) is 5.73 Å². The first-order valence-corrected chi connectivity index (χ1v) is 5.43. The van der Waals surface area contributed by atoms with Gasteiger partial charge >= 0.3 is 0 Å². The van der Waals surface area contributed by atoms with Crippen LogP contribution in [-0.4, -0.2) is 24.5 Å². The van der Waals surface area contributed by atoms with Gasteiger partial charge in [0.2, 0.25) is 0 Å². The van der Waals surface area contributed by atoms with Crippen molar-refractivity contribution in [1.29, 1.82) is 0 Å². The second-order valence-corrected chi connectivity index (χ2v) is 3.64. The lowest BCUT2D eigenvalue weighted by Gasteiger charge is -2.19. The van der Waals surface area contributed by atoms with E-state index in [-0.39, 0.29) is 5.82 Å². The molecule has 2 nitrogen and oxygen atoms in total. The van der Waals surface area contributed by atoms with E-state index in [9.17, 15) is 4.39 Å². The average Bonchev–Trinajstić information content (AvgIpc) is 2.27. The van der Waals surface area contributed by atoms with Gasteiger partial charge in [-0.2, -0.15) is 0 Å². The highest BCUT2D eigenvalue weighted by atomic mass is 19.1. The third-order valence-electron chi connectivity index (χ3n) is 2.45. The monoisotopic (exact) mass is 210 g/mol. The van der Waals surface area contributed by atoms with E-state index in [2.05, 4.69) is 11.8 Å². The molecule has 1 rings (SSSR count). The van der Waals surface area contributed by atoms with Crippen LogP contribution in [-0.2, 0) is 6.54 Å². The van der Waals surface area contributed by atoms with Gasteiger partial charge in [-0.15, -0.1) is 0 Å². The quantitative estimate of drug-likeness (QED) is 0.778. The fraction of sp³-hybridized carbons (Fsp3) is 0.500. The maximum Gasteiger partial charge on any atom is 0.123 e. The first kappa shape index (κ1) is 12.1. The number of halogens is 1. The van der Waals surface area contributed by atoms with Gasteiger partial charge in [-0.05, 0) is 43.8 Å². The summed E-state index contributed by atoms with van der Waals surface area (Å²) in [6.07, 6.45) is 1.01. The average molecular weight is 210 g/mol. The van der Waals surface area contributed by atoms with Crippen LogP contribution in [0.25, 0.3) is 0 Å². The summed E-state index contributed by atoms with van der Waals surface area (Å²) in [6.45, 7) is 5.72. The molecule has 0 heterocycles. The fourth-order valence-electron chi connectivity index (χ4n) is 1.51. The molecule has 15 heavy (non-hydrogen) atoms. The Kier molecular flexibility index (Phi) is 5.29. The van der Waals surface area contributed by atoms with Crippen molar-refractivity contribution in [2.75, 3.05) is 19.6 Å².